The lowest BCUT2D eigenvalue weighted by molar-refractivity contribution is -0.143. The maximum atomic E-state index is 12.4. The summed E-state index contributed by atoms with van der Waals surface area (Å²) in [5, 5.41) is 0. The Kier molecular flexibility index (Phi) is 2.94. The molecule has 1 aromatic carbocycles. The van der Waals surface area contributed by atoms with Gasteiger partial charge in [0, 0.05) is 6.08 Å². The number of imide groups is 1. The fourth-order valence-corrected chi connectivity index (χ4v) is 1.63. The van der Waals surface area contributed by atoms with Gasteiger partial charge in [-0.2, -0.15) is 13.2 Å². The van der Waals surface area contributed by atoms with Crippen LogP contribution in [0.1, 0.15) is 5.56 Å². The Labute approximate surface area is 101 Å². The van der Waals surface area contributed by atoms with Crippen molar-refractivity contribution in [1.29, 1.82) is 0 Å². The summed E-state index contributed by atoms with van der Waals surface area (Å²) in [6.45, 7) is -0.158. The third-order valence-corrected chi connectivity index (χ3v) is 2.50. The van der Waals surface area contributed by atoms with Crippen LogP contribution in [0.25, 0.3) is 0 Å². The number of carbonyl (C=O) groups excluding carboxylic acids is 2. The van der Waals surface area contributed by atoms with Gasteiger partial charge >= 0.3 is 6.18 Å². The van der Waals surface area contributed by atoms with E-state index in [1.54, 1.807) is 30.3 Å². The van der Waals surface area contributed by atoms with Crippen molar-refractivity contribution in [3.05, 3.63) is 47.5 Å². The summed E-state index contributed by atoms with van der Waals surface area (Å²) < 4.78 is 37.3. The third kappa shape index (κ3) is 2.27. The fourth-order valence-electron chi connectivity index (χ4n) is 1.63. The molecule has 0 N–H and O–H groups in total. The first kappa shape index (κ1) is 12.3. The zero-order valence-electron chi connectivity index (χ0n) is 9.07. The second-order valence-corrected chi connectivity index (χ2v) is 3.77. The Morgan fingerprint density at radius 2 is 1.67 bits per heavy atom. The van der Waals surface area contributed by atoms with E-state index in [1.807, 2.05) is 0 Å². The van der Waals surface area contributed by atoms with Gasteiger partial charge in [-0.25, -0.2) is 0 Å². The Morgan fingerprint density at radius 1 is 1.06 bits per heavy atom. The van der Waals surface area contributed by atoms with Crippen LogP contribution in [-0.4, -0.2) is 22.9 Å². The molecule has 0 saturated carbocycles. The molecule has 0 saturated heterocycles. The smallest absolute Gasteiger partial charge is 0.270 e. The summed E-state index contributed by atoms with van der Waals surface area (Å²) in [6.07, 6.45) is -4.45. The van der Waals surface area contributed by atoms with Crippen LogP contribution in [0.4, 0.5) is 13.2 Å². The Balaban J connectivity index is 2.19. The number of halogens is 3. The normalized spacial score (nSPS) is 16.2. The van der Waals surface area contributed by atoms with Gasteiger partial charge in [0.05, 0.1) is 6.54 Å². The lowest BCUT2D eigenvalue weighted by Crippen LogP contribution is -2.33. The summed E-state index contributed by atoms with van der Waals surface area (Å²) in [4.78, 5) is 23.4. The van der Waals surface area contributed by atoms with Crippen LogP contribution in [-0.2, 0) is 16.1 Å². The summed E-state index contributed by atoms with van der Waals surface area (Å²) in [5.41, 5.74) is -0.820. The molecule has 0 atom stereocenters. The lowest BCUT2D eigenvalue weighted by atomic mass is 10.2. The molecule has 0 bridgehead atoms. The third-order valence-electron chi connectivity index (χ3n) is 2.50. The van der Waals surface area contributed by atoms with Gasteiger partial charge in [-0.1, -0.05) is 30.3 Å². The van der Waals surface area contributed by atoms with Crippen molar-refractivity contribution in [3.63, 3.8) is 0 Å². The molecule has 2 amide bonds. The van der Waals surface area contributed by atoms with E-state index in [1.165, 1.54) is 0 Å². The van der Waals surface area contributed by atoms with E-state index in [-0.39, 0.29) is 6.54 Å². The highest BCUT2D eigenvalue weighted by molar-refractivity contribution is 6.16. The van der Waals surface area contributed by atoms with Crippen molar-refractivity contribution in [2.75, 3.05) is 0 Å². The molecule has 2 rings (SSSR count). The molecule has 1 aromatic rings. The van der Waals surface area contributed by atoms with E-state index in [0.29, 0.717) is 16.5 Å². The number of hydrogen-bond acceptors (Lipinski definition) is 2. The molecule has 1 aliphatic heterocycles. The highest BCUT2D eigenvalue weighted by atomic mass is 19.4. The van der Waals surface area contributed by atoms with Crippen molar-refractivity contribution >= 4 is 11.8 Å². The number of nitrogens with zero attached hydrogens (tertiary/aromatic N) is 1. The molecular weight excluding hydrogens is 247 g/mol. The average molecular weight is 255 g/mol. The number of hydrogen-bond donors (Lipinski definition) is 0. The number of amides is 2. The summed E-state index contributed by atoms with van der Waals surface area (Å²) in [5.74, 6) is -2.23. The summed E-state index contributed by atoms with van der Waals surface area (Å²) in [7, 11) is 0. The van der Waals surface area contributed by atoms with Gasteiger partial charge in [0.1, 0.15) is 5.57 Å². The van der Waals surface area contributed by atoms with E-state index in [9.17, 15) is 22.8 Å². The van der Waals surface area contributed by atoms with Crippen LogP contribution in [0.5, 0.6) is 0 Å². The zero-order chi connectivity index (χ0) is 13.3. The first-order chi connectivity index (χ1) is 8.39. The second-order valence-electron chi connectivity index (χ2n) is 3.77. The zero-order valence-corrected chi connectivity index (χ0v) is 9.07. The molecule has 1 aliphatic rings. The van der Waals surface area contributed by atoms with Crippen LogP contribution in [0, 0.1) is 0 Å². The van der Waals surface area contributed by atoms with E-state index in [0.717, 1.165) is 0 Å². The molecule has 0 aliphatic carbocycles. The van der Waals surface area contributed by atoms with Crippen LogP contribution in [0.2, 0.25) is 0 Å². The molecule has 18 heavy (non-hydrogen) atoms. The molecule has 6 heteroatoms. The Hall–Kier alpha value is -2.11. The molecule has 1 heterocycles. The highest BCUT2D eigenvalue weighted by Gasteiger charge is 2.46. The summed E-state index contributed by atoms with van der Waals surface area (Å²) in [6, 6.07) is 8.35. The SMILES string of the molecule is O=C1C=C(C(F)(F)F)C(=O)N1Cc1ccccc1. The maximum Gasteiger partial charge on any atom is 0.421 e. The molecule has 0 radical (unpaired) electrons. The predicted octanol–water partition coefficient (Wildman–Crippen LogP) is 2.04. The van der Waals surface area contributed by atoms with E-state index >= 15 is 0 Å². The van der Waals surface area contributed by atoms with E-state index in [2.05, 4.69) is 0 Å². The molecular formula is C12H8F3NO2. The van der Waals surface area contributed by atoms with Crippen LogP contribution in [0.15, 0.2) is 42.0 Å². The minimum atomic E-state index is -4.79. The number of carbonyl (C=O) groups is 2. The van der Waals surface area contributed by atoms with Crippen molar-refractivity contribution < 1.29 is 22.8 Å². The van der Waals surface area contributed by atoms with Gasteiger partial charge in [-0.15, -0.1) is 0 Å². The van der Waals surface area contributed by atoms with Gasteiger partial charge in [0.15, 0.2) is 0 Å². The predicted molar refractivity (Wildman–Crippen MR) is 56.1 cm³/mol. The Bertz CT molecular complexity index is 520. The quantitative estimate of drug-likeness (QED) is 0.758. The van der Waals surface area contributed by atoms with Crippen LogP contribution < -0.4 is 0 Å². The van der Waals surface area contributed by atoms with Crippen LogP contribution >= 0.6 is 0 Å². The number of rotatable bonds is 2. The fraction of sp³-hybridized carbons (Fsp3) is 0.167. The van der Waals surface area contributed by atoms with E-state index in [4.69, 9.17) is 0 Å². The van der Waals surface area contributed by atoms with Crippen molar-refractivity contribution in [2.24, 2.45) is 0 Å². The van der Waals surface area contributed by atoms with Crippen molar-refractivity contribution in [3.8, 4) is 0 Å². The summed E-state index contributed by atoms with van der Waals surface area (Å²) >= 11 is 0. The van der Waals surface area contributed by atoms with E-state index < -0.39 is 23.6 Å². The number of alkyl halides is 3. The standard InChI is InChI=1S/C12H8F3NO2/c13-12(14,15)9-6-10(17)16(11(9)18)7-8-4-2-1-3-5-8/h1-6H,7H2. The van der Waals surface area contributed by atoms with Gasteiger partial charge in [0.25, 0.3) is 11.8 Å². The van der Waals surface area contributed by atoms with Gasteiger partial charge in [0.2, 0.25) is 0 Å². The van der Waals surface area contributed by atoms with Gasteiger partial charge in [-0.3, -0.25) is 14.5 Å². The Morgan fingerprint density at radius 3 is 2.17 bits per heavy atom. The largest absolute Gasteiger partial charge is 0.421 e. The molecule has 0 fully saturated rings. The minimum Gasteiger partial charge on any atom is -0.270 e. The van der Waals surface area contributed by atoms with Crippen molar-refractivity contribution in [1.82, 2.24) is 4.90 Å². The first-order valence-corrected chi connectivity index (χ1v) is 5.08. The monoisotopic (exact) mass is 255 g/mol. The maximum absolute atomic E-state index is 12.4. The van der Waals surface area contributed by atoms with Crippen LogP contribution in [0.3, 0.4) is 0 Å². The van der Waals surface area contributed by atoms with Gasteiger partial charge < -0.3 is 0 Å². The lowest BCUT2D eigenvalue weighted by Gasteiger charge is -2.15. The molecule has 94 valence electrons. The molecule has 0 aromatic heterocycles. The molecule has 3 nitrogen and oxygen atoms in total. The molecule has 0 spiro atoms. The molecule has 0 unspecified atom stereocenters. The average Bonchev–Trinajstić information content (AvgIpc) is 2.58. The van der Waals surface area contributed by atoms with Gasteiger partial charge in [-0.05, 0) is 5.56 Å². The highest BCUT2D eigenvalue weighted by Crippen LogP contribution is 2.31. The van der Waals surface area contributed by atoms with Crippen molar-refractivity contribution in [2.45, 2.75) is 12.7 Å². The first-order valence-electron chi connectivity index (χ1n) is 5.08. The minimum absolute atomic E-state index is 0.158. The second kappa shape index (κ2) is 4.29. The topological polar surface area (TPSA) is 37.4 Å². The number of benzene rings is 1.